The molecule has 6 aromatic carbocycles. The van der Waals surface area contributed by atoms with Crippen LogP contribution in [0.4, 0.5) is 11.4 Å². The van der Waals surface area contributed by atoms with Gasteiger partial charge in [-0.3, -0.25) is 0 Å². The molecule has 0 fully saturated rings. The number of fused-ring (bicyclic) bond motifs is 3. The predicted molar refractivity (Wildman–Crippen MR) is 185 cm³/mol. The van der Waals surface area contributed by atoms with E-state index in [1.54, 1.807) is 24.3 Å². The Morgan fingerprint density at radius 1 is 0.489 bits per heavy atom. The molecule has 226 valence electrons. The second-order valence-corrected chi connectivity index (χ2v) is 11.3. The molecule has 0 saturated heterocycles. The molecule has 0 aromatic heterocycles. The molecule has 6 heteroatoms. The first-order valence-corrected chi connectivity index (χ1v) is 14.8. The highest BCUT2D eigenvalue weighted by atomic mass is 16.5. The third-order valence-corrected chi connectivity index (χ3v) is 8.51. The van der Waals surface area contributed by atoms with E-state index in [9.17, 15) is 10.2 Å². The van der Waals surface area contributed by atoms with Crippen molar-refractivity contribution in [2.24, 2.45) is 0 Å². The number of aromatic hydroxyl groups is 2. The average Bonchev–Trinajstić information content (AvgIpc) is 3.38. The first kappa shape index (κ1) is 29.0. The largest absolute Gasteiger partial charge is 0.506 e. The maximum Gasteiger partial charge on any atom is 0.138 e. The van der Waals surface area contributed by atoms with Gasteiger partial charge in [0, 0.05) is 23.3 Å². The van der Waals surface area contributed by atoms with Crippen LogP contribution >= 0.6 is 0 Å². The predicted octanol–water partition coefficient (Wildman–Crippen LogP) is 8.17. The van der Waals surface area contributed by atoms with Crippen molar-refractivity contribution in [2.75, 3.05) is 11.5 Å². The number of nitrogens with two attached hydrogens (primary N) is 2. The summed E-state index contributed by atoms with van der Waals surface area (Å²) in [5.41, 5.74) is 19.0. The fourth-order valence-corrected chi connectivity index (χ4v) is 6.30. The van der Waals surface area contributed by atoms with Gasteiger partial charge in [0.1, 0.15) is 34.5 Å². The fourth-order valence-electron chi connectivity index (χ4n) is 6.30. The molecule has 1 aliphatic carbocycles. The Labute approximate surface area is 272 Å². The highest BCUT2D eigenvalue weighted by Gasteiger charge is 2.46. The Morgan fingerprint density at radius 2 is 0.872 bits per heavy atom. The molecule has 1 aliphatic rings. The van der Waals surface area contributed by atoms with Gasteiger partial charge in [0.05, 0.1) is 16.8 Å². The van der Waals surface area contributed by atoms with Gasteiger partial charge >= 0.3 is 0 Å². The number of rotatable bonds is 6. The molecular weight excluding hydrogens is 584 g/mol. The normalized spacial score (nSPS) is 12.3. The highest BCUT2D eigenvalue weighted by Crippen LogP contribution is 2.57. The van der Waals surface area contributed by atoms with E-state index in [1.807, 2.05) is 60.7 Å². The van der Waals surface area contributed by atoms with Crippen LogP contribution in [0.15, 0.2) is 121 Å². The Bertz CT molecular complexity index is 2100. The van der Waals surface area contributed by atoms with Crippen molar-refractivity contribution in [1.29, 1.82) is 0 Å². The van der Waals surface area contributed by atoms with E-state index in [0.29, 0.717) is 23.0 Å². The second-order valence-electron chi connectivity index (χ2n) is 11.3. The van der Waals surface area contributed by atoms with Crippen molar-refractivity contribution < 1.29 is 19.7 Å². The number of phenolic OH excluding ortho intramolecular Hbond substituents is 2. The molecule has 0 amide bonds. The molecule has 0 spiro atoms. The van der Waals surface area contributed by atoms with Crippen molar-refractivity contribution in [2.45, 2.75) is 5.41 Å². The van der Waals surface area contributed by atoms with Crippen molar-refractivity contribution in [3.05, 3.63) is 155 Å². The third-order valence-electron chi connectivity index (χ3n) is 8.51. The van der Waals surface area contributed by atoms with Crippen LogP contribution in [0.1, 0.15) is 33.4 Å². The summed E-state index contributed by atoms with van der Waals surface area (Å²) < 4.78 is 12.2. The zero-order valence-corrected chi connectivity index (χ0v) is 25.1. The van der Waals surface area contributed by atoms with Crippen LogP contribution in [-0.4, -0.2) is 10.2 Å². The summed E-state index contributed by atoms with van der Waals surface area (Å²) in [6, 6.07) is 37.4. The number of phenols is 2. The molecule has 0 heterocycles. The zero-order chi connectivity index (χ0) is 32.7. The number of hydrogen-bond donors (Lipinski definition) is 4. The minimum absolute atomic E-state index is 0.00510. The van der Waals surface area contributed by atoms with Crippen LogP contribution in [0.5, 0.6) is 34.5 Å². The van der Waals surface area contributed by atoms with Crippen LogP contribution in [-0.2, 0) is 5.41 Å². The summed E-state index contributed by atoms with van der Waals surface area (Å²) in [4.78, 5) is 0. The van der Waals surface area contributed by atoms with Gasteiger partial charge in [-0.25, -0.2) is 0 Å². The van der Waals surface area contributed by atoms with Crippen LogP contribution in [0.25, 0.3) is 11.1 Å². The van der Waals surface area contributed by atoms with E-state index in [-0.39, 0.29) is 22.9 Å². The van der Waals surface area contributed by atoms with Crippen molar-refractivity contribution >= 4 is 11.4 Å². The highest BCUT2D eigenvalue weighted by molar-refractivity contribution is 5.87. The molecule has 7 rings (SSSR count). The van der Waals surface area contributed by atoms with E-state index in [4.69, 9.17) is 33.8 Å². The molecule has 0 bridgehead atoms. The summed E-state index contributed by atoms with van der Waals surface area (Å²) in [5.74, 6) is 7.80. The minimum Gasteiger partial charge on any atom is -0.506 e. The maximum atomic E-state index is 9.82. The number of hydrogen-bond acceptors (Lipinski definition) is 6. The fraction of sp³-hybridized carbons (Fsp3) is 0.0244. The third kappa shape index (κ3) is 4.91. The number of ether oxygens (including phenoxy) is 2. The Hall–Kier alpha value is -6.76. The van der Waals surface area contributed by atoms with Gasteiger partial charge in [-0.1, -0.05) is 48.2 Å². The van der Waals surface area contributed by atoms with Gasteiger partial charge in [0.2, 0.25) is 0 Å². The molecule has 0 saturated carbocycles. The average molecular weight is 613 g/mol. The first-order valence-electron chi connectivity index (χ1n) is 14.8. The molecule has 47 heavy (non-hydrogen) atoms. The number of nitrogen functional groups attached to an aromatic ring is 2. The summed E-state index contributed by atoms with van der Waals surface area (Å²) in [6.07, 6.45) is 11.9. The lowest BCUT2D eigenvalue weighted by molar-refractivity contribution is 0.466. The van der Waals surface area contributed by atoms with Crippen molar-refractivity contribution in [3.8, 4) is 70.3 Å². The van der Waals surface area contributed by atoms with Gasteiger partial charge in [-0.2, -0.15) is 0 Å². The monoisotopic (exact) mass is 612 g/mol. The summed E-state index contributed by atoms with van der Waals surface area (Å²) in [7, 11) is 0. The first-order chi connectivity index (χ1) is 22.8. The van der Waals surface area contributed by atoms with E-state index < -0.39 is 5.41 Å². The molecule has 0 unspecified atom stereocenters. The van der Waals surface area contributed by atoms with Crippen LogP contribution < -0.4 is 20.9 Å². The maximum absolute atomic E-state index is 9.82. The zero-order valence-electron chi connectivity index (χ0n) is 25.1. The molecule has 0 radical (unpaired) electrons. The molecule has 0 atom stereocenters. The number of terminal acetylenes is 2. The molecule has 6 N–H and O–H groups in total. The van der Waals surface area contributed by atoms with Gasteiger partial charge in [-0.05, 0) is 106 Å². The Kier molecular flexibility index (Phi) is 6.97. The second kappa shape index (κ2) is 11.3. The SMILES string of the molecule is C#Cc1ccc2c(c1)C(c1ccc(Oc3ccc(O)c(N)c3)cc1)(c1ccc(Oc3ccc(O)c(N)c3)cc1)c1cc(C#C)ccc1-2. The van der Waals surface area contributed by atoms with E-state index in [2.05, 4.69) is 36.1 Å². The Balaban J connectivity index is 1.39. The van der Waals surface area contributed by atoms with Gasteiger partial charge in [0.15, 0.2) is 0 Å². The summed E-state index contributed by atoms with van der Waals surface area (Å²) in [6.45, 7) is 0. The topological polar surface area (TPSA) is 111 Å². The van der Waals surface area contributed by atoms with Crippen molar-refractivity contribution in [3.63, 3.8) is 0 Å². The van der Waals surface area contributed by atoms with E-state index >= 15 is 0 Å². The summed E-state index contributed by atoms with van der Waals surface area (Å²) >= 11 is 0. The van der Waals surface area contributed by atoms with E-state index in [0.717, 1.165) is 44.5 Å². The standard InChI is InChI=1S/C41H28N2O4/c1-3-25-5-17-33-34-18-6-26(4-2)22-36(34)41(35(33)21-25,27-7-11-29(12-8-27)46-31-15-19-39(44)37(42)23-31)28-9-13-30(14-10-28)47-32-16-20-40(45)38(43)24-32/h1-2,5-24,44-45H,42-43H2. The van der Waals surface area contributed by atoms with Gasteiger partial charge in [0.25, 0.3) is 0 Å². The molecule has 0 aliphatic heterocycles. The summed E-state index contributed by atoms with van der Waals surface area (Å²) in [5, 5.41) is 19.6. The quantitative estimate of drug-likeness (QED) is 0.0857. The number of anilines is 2. The lowest BCUT2D eigenvalue weighted by Crippen LogP contribution is -2.28. The lowest BCUT2D eigenvalue weighted by atomic mass is 9.67. The number of benzene rings is 6. The molecule has 6 nitrogen and oxygen atoms in total. The molecule has 6 aromatic rings. The van der Waals surface area contributed by atoms with Crippen molar-refractivity contribution in [1.82, 2.24) is 0 Å². The van der Waals surface area contributed by atoms with Gasteiger partial charge in [-0.15, -0.1) is 12.8 Å². The van der Waals surface area contributed by atoms with Crippen LogP contribution in [0.2, 0.25) is 0 Å². The minimum atomic E-state index is -0.798. The smallest absolute Gasteiger partial charge is 0.138 e. The van der Waals surface area contributed by atoms with E-state index in [1.165, 1.54) is 12.1 Å². The van der Waals surface area contributed by atoms with Crippen LogP contribution in [0.3, 0.4) is 0 Å². The Morgan fingerprint density at radius 3 is 1.23 bits per heavy atom. The van der Waals surface area contributed by atoms with Gasteiger partial charge < -0.3 is 31.2 Å². The van der Waals surface area contributed by atoms with Crippen LogP contribution in [0, 0.1) is 24.7 Å². The lowest BCUT2D eigenvalue weighted by Gasteiger charge is -2.34. The molecular formula is C41H28N2O4.